The Balaban J connectivity index is 1.99. The molecule has 1 fully saturated rings. The van der Waals surface area contributed by atoms with E-state index in [9.17, 15) is 10.2 Å². The summed E-state index contributed by atoms with van der Waals surface area (Å²) in [4.78, 5) is 2.36. The smallest absolute Gasteiger partial charge is 0.157 e. The minimum atomic E-state index is -0.0640. The lowest BCUT2D eigenvalue weighted by molar-refractivity contribution is 0.145. The van der Waals surface area contributed by atoms with Crippen molar-refractivity contribution in [2.24, 2.45) is 11.7 Å². The molecule has 4 nitrogen and oxygen atoms in total. The first-order chi connectivity index (χ1) is 8.60. The summed E-state index contributed by atoms with van der Waals surface area (Å²) in [6, 6.07) is 5.34. The average Bonchev–Trinajstić information content (AvgIpc) is 2.36. The highest BCUT2D eigenvalue weighted by molar-refractivity contribution is 5.40. The van der Waals surface area contributed by atoms with E-state index in [2.05, 4.69) is 11.8 Å². The number of nitrogens with zero attached hydrogens (tertiary/aromatic N) is 1. The Morgan fingerprint density at radius 3 is 2.78 bits per heavy atom. The Hall–Kier alpha value is -1.26. The molecule has 1 heterocycles. The van der Waals surface area contributed by atoms with Crippen LogP contribution in [0.25, 0.3) is 0 Å². The largest absolute Gasteiger partial charge is 0.504 e. The van der Waals surface area contributed by atoms with Crippen molar-refractivity contribution in [2.75, 3.05) is 13.1 Å². The SMILES string of the molecule is CCC1CN(Cc2ccc(O)c(O)c2)CCC1N. The topological polar surface area (TPSA) is 69.7 Å². The van der Waals surface area contributed by atoms with Gasteiger partial charge in [0.05, 0.1) is 0 Å². The summed E-state index contributed by atoms with van der Waals surface area (Å²) in [7, 11) is 0. The molecular weight excluding hydrogens is 228 g/mol. The zero-order valence-corrected chi connectivity index (χ0v) is 10.8. The maximum atomic E-state index is 9.48. The third-order valence-corrected chi connectivity index (χ3v) is 3.85. The first-order valence-corrected chi connectivity index (χ1v) is 6.59. The highest BCUT2D eigenvalue weighted by Crippen LogP contribution is 2.26. The summed E-state index contributed by atoms with van der Waals surface area (Å²) >= 11 is 0. The second kappa shape index (κ2) is 5.59. The van der Waals surface area contributed by atoms with E-state index in [1.807, 2.05) is 6.07 Å². The molecule has 0 spiro atoms. The first kappa shape index (κ1) is 13.2. The van der Waals surface area contributed by atoms with Crippen molar-refractivity contribution < 1.29 is 10.2 Å². The molecule has 2 atom stereocenters. The van der Waals surface area contributed by atoms with Crippen LogP contribution in [0, 0.1) is 5.92 Å². The molecule has 4 heteroatoms. The number of piperidine rings is 1. The van der Waals surface area contributed by atoms with Crippen LogP contribution in [-0.4, -0.2) is 34.2 Å². The fourth-order valence-electron chi connectivity index (χ4n) is 2.63. The number of phenolic OH excluding ortho intramolecular Hbond substituents is 2. The summed E-state index contributed by atoms with van der Waals surface area (Å²) in [6.07, 6.45) is 2.14. The van der Waals surface area contributed by atoms with Crippen molar-refractivity contribution in [1.29, 1.82) is 0 Å². The van der Waals surface area contributed by atoms with Crippen LogP contribution >= 0.6 is 0 Å². The quantitative estimate of drug-likeness (QED) is 0.714. The lowest BCUT2D eigenvalue weighted by atomic mass is 9.90. The van der Waals surface area contributed by atoms with Gasteiger partial charge in [0.25, 0.3) is 0 Å². The second-order valence-electron chi connectivity index (χ2n) is 5.18. The van der Waals surface area contributed by atoms with E-state index in [4.69, 9.17) is 5.73 Å². The van der Waals surface area contributed by atoms with Crippen LogP contribution in [0.2, 0.25) is 0 Å². The maximum absolute atomic E-state index is 9.48. The van der Waals surface area contributed by atoms with Crippen LogP contribution in [0.5, 0.6) is 11.5 Å². The van der Waals surface area contributed by atoms with Crippen LogP contribution in [0.1, 0.15) is 25.3 Å². The number of hydrogen-bond donors (Lipinski definition) is 3. The van der Waals surface area contributed by atoms with E-state index < -0.39 is 0 Å². The first-order valence-electron chi connectivity index (χ1n) is 6.59. The zero-order valence-electron chi connectivity index (χ0n) is 10.8. The Morgan fingerprint density at radius 1 is 1.33 bits per heavy atom. The zero-order chi connectivity index (χ0) is 13.1. The van der Waals surface area contributed by atoms with E-state index in [1.54, 1.807) is 6.07 Å². The Bertz CT molecular complexity index is 409. The highest BCUT2D eigenvalue weighted by Gasteiger charge is 2.25. The predicted octanol–water partition coefficient (Wildman–Crippen LogP) is 1.66. The van der Waals surface area contributed by atoms with Crippen LogP contribution in [-0.2, 0) is 6.54 Å². The van der Waals surface area contributed by atoms with Gasteiger partial charge in [-0.05, 0) is 36.6 Å². The molecule has 18 heavy (non-hydrogen) atoms. The van der Waals surface area contributed by atoms with Crippen LogP contribution in [0.15, 0.2) is 18.2 Å². The number of benzene rings is 1. The molecule has 0 amide bonds. The fraction of sp³-hybridized carbons (Fsp3) is 0.571. The van der Waals surface area contributed by atoms with E-state index in [0.29, 0.717) is 12.0 Å². The van der Waals surface area contributed by atoms with Gasteiger partial charge in [0.1, 0.15) is 0 Å². The molecule has 2 rings (SSSR count). The van der Waals surface area contributed by atoms with Crippen molar-refractivity contribution in [3.05, 3.63) is 23.8 Å². The molecule has 1 aromatic carbocycles. The van der Waals surface area contributed by atoms with Crippen molar-refractivity contribution in [1.82, 2.24) is 4.90 Å². The van der Waals surface area contributed by atoms with Crippen LogP contribution < -0.4 is 5.73 Å². The van der Waals surface area contributed by atoms with Gasteiger partial charge in [-0.15, -0.1) is 0 Å². The number of likely N-dealkylation sites (tertiary alicyclic amines) is 1. The monoisotopic (exact) mass is 250 g/mol. The van der Waals surface area contributed by atoms with Crippen molar-refractivity contribution in [3.63, 3.8) is 0 Å². The number of nitrogens with two attached hydrogens (primary N) is 1. The van der Waals surface area contributed by atoms with Gasteiger partial charge in [-0.25, -0.2) is 0 Å². The minimum Gasteiger partial charge on any atom is -0.504 e. The molecule has 4 N–H and O–H groups in total. The van der Waals surface area contributed by atoms with Gasteiger partial charge in [-0.1, -0.05) is 19.4 Å². The third kappa shape index (κ3) is 2.94. The Kier molecular flexibility index (Phi) is 4.09. The molecular formula is C14H22N2O2. The molecule has 1 aromatic rings. The Labute approximate surface area is 108 Å². The van der Waals surface area contributed by atoms with Gasteiger partial charge in [0.15, 0.2) is 11.5 Å². The standard InChI is InChI=1S/C14H22N2O2/c1-2-11-9-16(6-5-12(11)15)8-10-3-4-13(17)14(18)7-10/h3-4,7,11-12,17-18H,2,5-6,8-9,15H2,1H3. The van der Waals surface area contributed by atoms with Gasteiger partial charge >= 0.3 is 0 Å². The summed E-state index contributed by atoms with van der Waals surface area (Å²) < 4.78 is 0. The van der Waals surface area contributed by atoms with Gasteiger partial charge in [-0.2, -0.15) is 0 Å². The van der Waals surface area contributed by atoms with Gasteiger partial charge in [-0.3, -0.25) is 4.90 Å². The number of hydrogen-bond acceptors (Lipinski definition) is 4. The lowest BCUT2D eigenvalue weighted by Gasteiger charge is -2.36. The molecule has 1 saturated heterocycles. The summed E-state index contributed by atoms with van der Waals surface area (Å²) in [6.45, 7) is 5.00. The molecule has 1 aliphatic heterocycles. The predicted molar refractivity (Wildman–Crippen MR) is 71.4 cm³/mol. The van der Waals surface area contributed by atoms with E-state index in [1.165, 1.54) is 6.07 Å². The van der Waals surface area contributed by atoms with Crippen molar-refractivity contribution in [3.8, 4) is 11.5 Å². The van der Waals surface area contributed by atoms with Crippen molar-refractivity contribution in [2.45, 2.75) is 32.4 Å². The average molecular weight is 250 g/mol. The molecule has 0 bridgehead atoms. The van der Waals surface area contributed by atoms with Crippen LogP contribution in [0.3, 0.4) is 0 Å². The minimum absolute atomic E-state index is 0.0479. The van der Waals surface area contributed by atoms with Gasteiger partial charge in [0.2, 0.25) is 0 Å². The second-order valence-corrected chi connectivity index (χ2v) is 5.18. The normalized spacial score (nSPS) is 25.2. The molecule has 100 valence electrons. The maximum Gasteiger partial charge on any atom is 0.157 e. The van der Waals surface area contributed by atoms with Gasteiger partial charge < -0.3 is 15.9 Å². The van der Waals surface area contributed by atoms with Crippen LogP contribution in [0.4, 0.5) is 0 Å². The molecule has 0 aromatic heterocycles. The molecule has 2 unspecified atom stereocenters. The summed E-state index contributed by atoms with van der Waals surface area (Å²) in [5, 5.41) is 18.8. The summed E-state index contributed by atoms with van der Waals surface area (Å²) in [5.41, 5.74) is 7.11. The molecule has 0 radical (unpaired) electrons. The number of rotatable bonds is 3. The van der Waals surface area contributed by atoms with E-state index in [-0.39, 0.29) is 11.5 Å². The third-order valence-electron chi connectivity index (χ3n) is 3.85. The Morgan fingerprint density at radius 2 is 2.11 bits per heavy atom. The highest BCUT2D eigenvalue weighted by atomic mass is 16.3. The lowest BCUT2D eigenvalue weighted by Crippen LogP contribution is -2.46. The van der Waals surface area contributed by atoms with E-state index >= 15 is 0 Å². The molecule has 0 saturated carbocycles. The van der Waals surface area contributed by atoms with Gasteiger partial charge in [0, 0.05) is 19.1 Å². The molecule has 0 aliphatic carbocycles. The number of phenols is 2. The fourth-order valence-corrected chi connectivity index (χ4v) is 2.63. The number of aromatic hydroxyl groups is 2. The van der Waals surface area contributed by atoms with E-state index in [0.717, 1.165) is 38.0 Å². The van der Waals surface area contributed by atoms with Crippen molar-refractivity contribution >= 4 is 0 Å². The molecule has 1 aliphatic rings. The summed E-state index contributed by atoms with van der Waals surface area (Å²) in [5.74, 6) is 0.448.